The number of aromatic nitrogens is 6. The molecule has 22 heavy (non-hydrogen) atoms. The van der Waals surface area contributed by atoms with Crippen molar-refractivity contribution in [1.82, 2.24) is 29.9 Å². The van der Waals surface area contributed by atoms with E-state index in [0.717, 1.165) is 5.82 Å². The topological polar surface area (TPSA) is 72.3 Å². The van der Waals surface area contributed by atoms with Crippen LogP contribution in [0.4, 0.5) is 0 Å². The zero-order chi connectivity index (χ0) is 17.8. The number of rotatable bonds is 0. The Morgan fingerprint density at radius 1 is 0.864 bits per heavy atom. The molecule has 2 aromatic rings. The number of hydrogen-bond donors (Lipinski definition) is 1. The molecule has 0 saturated carbocycles. The maximum absolute atomic E-state index is 4.02. The van der Waals surface area contributed by atoms with Crippen LogP contribution in [0.25, 0.3) is 0 Å². The standard InChI is InChI=1S/2C6H11N3.2C2H6/c1-6(2,3)9-4-7-8-5-9;1-6(2,3)5-7-4-8-9-5;2*1-2/h4-5H,1-3H3;4H,1-3H3,(H,7,8,9);2*1-2H3. The van der Waals surface area contributed by atoms with Gasteiger partial charge in [0, 0.05) is 11.0 Å². The third-order valence-corrected chi connectivity index (χ3v) is 2.32. The van der Waals surface area contributed by atoms with Crippen molar-refractivity contribution in [3.05, 3.63) is 24.8 Å². The first-order chi connectivity index (χ1) is 10.2. The van der Waals surface area contributed by atoms with Crippen LogP contribution >= 0.6 is 0 Å². The van der Waals surface area contributed by atoms with Crippen LogP contribution < -0.4 is 0 Å². The van der Waals surface area contributed by atoms with E-state index >= 15 is 0 Å². The van der Waals surface area contributed by atoms with E-state index in [0.29, 0.717) is 0 Å². The lowest BCUT2D eigenvalue weighted by molar-refractivity contribution is 0.395. The van der Waals surface area contributed by atoms with Gasteiger partial charge in [0.1, 0.15) is 24.8 Å². The Hall–Kier alpha value is -1.72. The Kier molecular flexibility index (Phi) is 11.2. The van der Waals surface area contributed by atoms with E-state index in [1.807, 2.05) is 32.3 Å². The van der Waals surface area contributed by atoms with Gasteiger partial charge in [-0.2, -0.15) is 5.10 Å². The molecule has 6 nitrogen and oxygen atoms in total. The van der Waals surface area contributed by atoms with Crippen molar-refractivity contribution in [3.8, 4) is 0 Å². The number of hydrogen-bond acceptors (Lipinski definition) is 4. The maximum Gasteiger partial charge on any atom is 0.137 e. The summed E-state index contributed by atoms with van der Waals surface area (Å²) in [5.74, 6) is 0.933. The average Bonchev–Trinajstić information content (AvgIpc) is 3.16. The highest BCUT2D eigenvalue weighted by molar-refractivity contribution is 4.97. The summed E-state index contributed by atoms with van der Waals surface area (Å²) in [6, 6.07) is 0. The Morgan fingerprint density at radius 2 is 1.32 bits per heavy atom. The molecule has 2 aromatic heterocycles. The Morgan fingerprint density at radius 3 is 1.50 bits per heavy atom. The molecule has 0 aromatic carbocycles. The minimum atomic E-state index is 0.0938. The van der Waals surface area contributed by atoms with E-state index in [-0.39, 0.29) is 11.0 Å². The highest BCUT2D eigenvalue weighted by atomic mass is 15.2. The van der Waals surface area contributed by atoms with Crippen LogP contribution in [0.1, 0.15) is 75.1 Å². The maximum atomic E-state index is 4.02. The summed E-state index contributed by atoms with van der Waals surface area (Å²) in [7, 11) is 0. The van der Waals surface area contributed by atoms with Crippen LogP contribution in [0.2, 0.25) is 0 Å². The van der Waals surface area contributed by atoms with Gasteiger partial charge < -0.3 is 4.57 Å². The molecule has 0 aliphatic rings. The quantitative estimate of drug-likeness (QED) is 0.792. The van der Waals surface area contributed by atoms with E-state index < -0.39 is 0 Å². The second-order valence-corrected chi connectivity index (χ2v) is 6.12. The number of H-pyrrole nitrogens is 1. The number of nitrogens with zero attached hydrogens (tertiary/aromatic N) is 5. The molecule has 0 bridgehead atoms. The molecule has 0 spiro atoms. The summed E-state index contributed by atoms with van der Waals surface area (Å²) in [6.07, 6.45) is 4.97. The van der Waals surface area contributed by atoms with Crippen molar-refractivity contribution in [2.75, 3.05) is 0 Å². The minimum Gasteiger partial charge on any atom is -0.315 e. The SMILES string of the molecule is CC.CC.CC(C)(C)c1ncn[nH]1.CC(C)(C)n1cnnc1. The Labute approximate surface area is 135 Å². The van der Waals surface area contributed by atoms with Gasteiger partial charge in [0.15, 0.2) is 0 Å². The zero-order valence-electron chi connectivity index (χ0n) is 16.0. The fourth-order valence-electron chi connectivity index (χ4n) is 1.11. The molecule has 0 atom stereocenters. The molecule has 0 radical (unpaired) electrons. The highest BCUT2D eigenvalue weighted by Gasteiger charge is 2.15. The lowest BCUT2D eigenvalue weighted by Gasteiger charge is -2.18. The molecule has 128 valence electrons. The van der Waals surface area contributed by atoms with Crippen molar-refractivity contribution in [2.24, 2.45) is 0 Å². The minimum absolute atomic E-state index is 0.0938. The molecule has 0 fully saturated rings. The summed E-state index contributed by atoms with van der Waals surface area (Å²) in [6.45, 7) is 20.6. The normalized spacial score (nSPS) is 10.3. The lowest BCUT2D eigenvalue weighted by Crippen LogP contribution is -2.19. The van der Waals surface area contributed by atoms with Crippen LogP contribution in [0, 0.1) is 0 Å². The van der Waals surface area contributed by atoms with Crippen LogP contribution in [0.3, 0.4) is 0 Å². The lowest BCUT2D eigenvalue weighted by atomic mass is 9.96. The third kappa shape index (κ3) is 9.26. The molecule has 0 amide bonds. The molecule has 0 unspecified atom stereocenters. The van der Waals surface area contributed by atoms with Gasteiger partial charge in [-0.05, 0) is 20.8 Å². The zero-order valence-corrected chi connectivity index (χ0v) is 16.0. The fourth-order valence-corrected chi connectivity index (χ4v) is 1.11. The van der Waals surface area contributed by atoms with Gasteiger partial charge in [-0.3, -0.25) is 5.10 Å². The Bertz CT molecular complexity index is 388. The highest BCUT2D eigenvalue weighted by Crippen LogP contribution is 2.15. The third-order valence-electron chi connectivity index (χ3n) is 2.32. The van der Waals surface area contributed by atoms with Gasteiger partial charge in [-0.15, -0.1) is 10.2 Å². The van der Waals surface area contributed by atoms with Crippen molar-refractivity contribution in [3.63, 3.8) is 0 Å². The second kappa shape index (κ2) is 10.9. The van der Waals surface area contributed by atoms with E-state index in [4.69, 9.17) is 0 Å². The van der Waals surface area contributed by atoms with Gasteiger partial charge in [0.05, 0.1) is 0 Å². The van der Waals surface area contributed by atoms with E-state index in [1.165, 1.54) is 6.33 Å². The van der Waals surface area contributed by atoms with Crippen LogP contribution in [-0.4, -0.2) is 29.9 Å². The summed E-state index contributed by atoms with van der Waals surface area (Å²) in [5, 5.41) is 14.0. The van der Waals surface area contributed by atoms with E-state index in [1.54, 1.807) is 12.7 Å². The van der Waals surface area contributed by atoms with Gasteiger partial charge in [-0.25, -0.2) is 4.98 Å². The first kappa shape index (κ1) is 22.6. The van der Waals surface area contributed by atoms with E-state index in [2.05, 4.69) is 66.9 Å². The molecular formula is C16H34N6. The molecule has 0 saturated heterocycles. The largest absolute Gasteiger partial charge is 0.315 e. The summed E-state index contributed by atoms with van der Waals surface area (Å²) in [4.78, 5) is 4.02. The van der Waals surface area contributed by atoms with Crippen molar-refractivity contribution in [1.29, 1.82) is 0 Å². The van der Waals surface area contributed by atoms with Crippen molar-refractivity contribution in [2.45, 2.75) is 80.2 Å². The molecule has 6 heteroatoms. The number of aromatic amines is 1. The van der Waals surface area contributed by atoms with E-state index in [9.17, 15) is 0 Å². The first-order valence-corrected chi connectivity index (χ1v) is 7.92. The molecular weight excluding hydrogens is 276 g/mol. The molecule has 0 aliphatic heterocycles. The predicted octanol–water partition coefficient (Wildman–Crippen LogP) is 4.19. The summed E-state index contributed by atoms with van der Waals surface area (Å²) >= 11 is 0. The molecule has 2 heterocycles. The summed E-state index contributed by atoms with van der Waals surface area (Å²) in [5.41, 5.74) is 0.208. The number of nitrogens with one attached hydrogen (secondary N) is 1. The van der Waals surface area contributed by atoms with Crippen LogP contribution in [0.5, 0.6) is 0 Å². The molecule has 2 rings (SSSR count). The van der Waals surface area contributed by atoms with Gasteiger partial charge >= 0.3 is 0 Å². The smallest absolute Gasteiger partial charge is 0.137 e. The van der Waals surface area contributed by atoms with Gasteiger partial charge in [0.25, 0.3) is 0 Å². The van der Waals surface area contributed by atoms with Crippen molar-refractivity contribution >= 4 is 0 Å². The average molecular weight is 310 g/mol. The monoisotopic (exact) mass is 310 g/mol. The first-order valence-electron chi connectivity index (χ1n) is 7.92. The predicted molar refractivity (Wildman–Crippen MR) is 92.8 cm³/mol. The van der Waals surface area contributed by atoms with Gasteiger partial charge in [0.2, 0.25) is 0 Å². The Balaban J connectivity index is 0. The fraction of sp³-hybridized carbons (Fsp3) is 0.750. The molecule has 1 N–H and O–H groups in total. The van der Waals surface area contributed by atoms with Crippen molar-refractivity contribution < 1.29 is 0 Å². The molecule has 0 aliphatic carbocycles. The van der Waals surface area contributed by atoms with Crippen LogP contribution in [-0.2, 0) is 11.0 Å². The summed E-state index contributed by atoms with van der Waals surface area (Å²) < 4.78 is 1.97. The second-order valence-electron chi connectivity index (χ2n) is 6.12. The van der Waals surface area contributed by atoms with Gasteiger partial charge in [-0.1, -0.05) is 48.5 Å². The van der Waals surface area contributed by atoms with Crippen LogP contribution in [0.15, 0.2) is 19.0 Å².